The Kier molecular flexibility index (Phi) is 6.67. The summed E-state index contributed by atoms with van der Waals surface area (Å²) >= 11 is 3.26. The van der Waals surface area contributed by atoms with Gasteiger partial charge in [0.1, 0.15) is 6.33 Å². The Morgan fingerprint density at radius 1 is 1.24 bits per heavy atom. The van der Waals surface area contributed by atoms with Gasteiger partial charge in [0, 0.05) is 11.3 Å². The lowest BCUT2D eigenvalue weighted by Gasteiger charge is -2.24. The second kappa shape index (κ2) is 8.51. The summed E-state index contributed by atoms with van der Waals surface area (Å²) in [5.41, 5.74) is 2.74. The summed E-state index contributed by atoms with van der Waals surface area (Å²) < 4.78 is 5.12. The zero-order valence-corrected chi connectivity index (χ0v) is 14.5. The Morgan fingerprint density at radius 2 is 2.00 bits per heavy atom. The number of benzene rings is 1. The lowest BCUT2D eigenvalue weighted by atomic mass is 10.0. The third-order valence-corrected chi connectivity index (χ3v) is 5.38. The summed E-state index contributed by atoms with van der Waals surface area (Å²) in [4.78, 5) is 4.28. The van der Waals surface area contributed by atoms with Crippen LogP contribution >= 0.6 is 23.3 Å². The maximum absolute atomic E-state index is 4.28. The van der Waals surface area contributed by atoms with Gasteiger partial charge in [-0.1, -0.05) is 56.8 Å². The van der Waals surface area contributed by atoms with Crippen LogP contribution < -0.4 is 5.32 Å². The zero-order valence-electron chi connectivity index (χ0n) is 12.9. The predicted molar refractivity (Wildman–Crippen MR) is 92.1 cm³/mol. The van der Waals surface area contributed by atoms with Crippen LogP contribution in [0.4, 0.5) is 0 Å². The van der Waals surface area contributed by atoms with Gasteiger partial charge in [0.25, 0.3) is 0 Å². The minimum Gasteiger partial charge on any atom is -0.309 e. The molecule has 2 unspecified atom stereocenters. The van der Waals surface area contributed by atoms with Crippen LogP contribution in [0.1, 0.15) is 44.4 Å². The van der Waals surface area contributed by atoms with Gasteiger partial charge in [-0.05, 0) is 42.0 Å². The van der Waals surface area contributed by atoms with Crippen molar-refractivity contribution in [3.8, 4) is 0 Å². The van der Waals surface area contributed by atoms with Crippen LogP contribution in [0.2, 0.25) is 0 Å². The number of nitrogens with zero attached hydrogens (tertiary/aromatic N) is 2. The maximum atomic E-state index is 4.28. The number of aryl methyl sites for hydroxylation is 1. The second-order valence-corrected chi connectivity index (χ2v) is 7.46. The van der Waals surface area contributed by atoms with Crippen LogP contribution in [-0.4, -0.2) is 21.2 Å². The van der Waals surface area contributed by atoms with Crippen molar-refractivity contribution in [2.24, 2.45) is 0 Å². The molecule has 0 aliphatic rings. The Labute approximate surface area is 135 Å². The van der Waals surface area contributed by atoms with Gasteiger partial charge in [-0.2, -0.15) is 4.37 Å². The van der Waals surface area contributed by atoms with E-state index >= 15 is 0 Å². The van der Waals surface area contributed by atoms with E-state index in [0.29, 0.717) is 11.3 Å². The van der Waals surface area contributed by atoms with Crippen molar-refractivity contribution in [3.63, 3.8) is 0 Å². The summed E-state index contributed by atoms with van der Waals surface area (Å²) in [5, 5.41) is 4.08. The molecule has 0 spiro atoms. The van der Waals surface area contributed by atoms with E-state index in [9.17, 15) is 0 Å². The van der Waals surface area contributed by atoms with Crippen LogP contribution in [-0.2, 0) is 6.42 Å². The quantitative estimate of drug-likeness (QED) is 0.735. The van der Waals surface area contributed by atoms with Gasteiger partial charge in [-0.3, -0.25) is 0 Å². The molecule has 0 aliphatic carbocycles. The highest BCUT2D eigenvalue weighted by Crippen LogP contribution is 2.32. The summed E-state index contributed by atoms with van der Waals surface area (Å²) in [6.45, 7) is 7.68. The van der Waals surface area contributed by atoms with E-state index in [0.717, 1.165) is 23.7 Å². The van der Waals surface area contributed by atoms with Crippen LogP contribution in [0.5, 0.6) is 0 Å². The highest BCUT2D eigenvalue weighted by atomic mass is 32.2. The molecule has 0 bridgehead atoms. The molecule has 1 aromatic carbocycles. The van der Waals surface area contributed by atoms with E-state index in [-0.39, 0.29) is 0 Å². The van der Waals surface area contributed by atoms with Crippen molar-refractivity contribution in [1.82, 2.24) is 14.7 Å². The maximum Gasteiger partial charge on any atom is 0.170 e. The predicted octanol–water partition coefficient (Wildman–Crippen LogP) is 4.32. The molecule has 5 heteroatoms. The molecule has 2 rings (SSSR count). The molecular weight excluding hydrogens is 298 g/mol. The summed E-state index contributed by atoms with van der Waals surface area (Å²) in [6, 6.07) is 9.31. The van der Waals surface area contributed by atoms with Crippen molar-refractivity contribution in [2.45, 2.75) is 49.2 Å². The molecule has 1 aromatic heterocycles. The van der Waals surface area contributed by atoms with E-state index in [4.69, 9.17) is 0 Å². The number of nitrogens with one attached hydrogen (secondary N) is 1. The third kappa shape index (κ3) is 4.80. The topological polar surface area (TPSA) is 37.8 Å². The summed E-state index contributed by atoms with van der Waals surface area (Å²) in [6.07, 6.45) is 3.85. The zero-order chi connectivity index (χ0) is 15.1. The van der Waals surface area contributed by atoms with Gasteiger partial charge in [0.2, 0.25) is 0 Å². The van der Waals surface area contributed by atoms with Crippen LogP contribution in [0.15, 0.2) is 34.9 Å². The first-order valence-corrected chi connectivity index (χ1v) is 9.15. The lowest BCUT2D eigenvalue weighted by Crippen LogP contribution is -2.29. The van der Waals surface area contributed by atoms with E-state index in [1.807, 2.05) is 0 Å². The second-order valence-electron chi connectivity index (χ2n) is 5.06. The monoisotopic (exact) mass is 321 g/mol. The van der Waals surface area contributed by atoms with Gasteiger partial charge < -0.3 is 5.32 Å². The number of rotatable bonds is 8. The third-order valence-electron chi connectivity index (χ3n) is 3.46. The minimum atomic E-state index is 0.338. The Bertz CT molecular complexity index is 511. The molecule has 0 aliphatic heterocycles. The molecule has 1 heterocycles. The van der Waals surface area contributed by atoms with Crippen molar-refractivity contribution in [1.29, 1.82) is 0 Å². The SMILES string of the molecule is CCCNC(c1ccc(CC)cc1)C(C)Sc1ncns1. The fourth-order valence-corrected chi connectivity index (χ4v) is 4.11. The Balaban J connectivity index is 2.11. The minimum absolute atomic E-state index is 0.338. The first-order valence-electron chi connectivity index (χ1n) is 7.50. The van der Waals surface area contributed by atoms with Crippen LogP contribution in [0.25, 0.3) is 0 Å². The smallest absolute Gasteiger partial charge is 0.170 e. The molecule has 0 saturated carbocycles. The Morgan fingerprint density at radius 3 is 2.57 bits per heavy atom. The van der Waals surface area contributed by atoms with E-state index in [2.05, 4.69) is 59.7 Å². The van der Waals surface area contributed by atoms with Crippen LogP contribution in [0.3, 0.4) is 0 Å². The van der Waals surface area contributed by atoms with E-state index in [1.54, 1.807) is 18.1 Å². The average Bonchev–Trinajstić information content (AvgIpc) is 3.01. The number of thioether (sulfide) groups is 1. The normalized spacial score (nSPS) is 14.0. The van der Waals surface area contributed by atoms with Crippen LogP contribution in [0, 0.1) is 0 Å². The summed E-state index contributed by atoms with van der Waals surface area (Å²) in [7, 11) is 0. The molecule has 0 fully saturated rings. The van der Waals surface area contributed by atoms with Crippen molar-refractivity contribution >= 4 is 23.3 Å². The fraction of sp³-hybridized carbons (Fsp3) is 0.500. The lowest BCUT2D eigenvalue weighted by molar-refractivity contribution is 0.528. The highest BCUT2D eigenvalue weighted by Gasteiger charge is 2.20. The molecule has 3 nitrogen and oxygen atoms in total. The van der Waals surface area contributed by atoms with Crippen molar-refractivity contribution in [2.75, 3.05) is 6.54 Å². The largest absolute Gasteiger partial charge is 0.309 e. The molecule has 21 heavy (non-hydrogen) atoms. The first kappa shape index (κ1) is 16.5. The molecular formula is C16H23N3S2. The molecule has 0 radical (unpaired) electrons. The standard InChI is InChI=1S/C16H23N3S2/c1-4-10-17-15(12(3)20-16-18-11-19-21-16)14-8-6-13(5-2)7-9-14/h6-9,11-12,15,17H,4-5,10H2,1-3H3. The van der Waals surface area contributed by atoms with Crippen molar-refractivity contribution in [3.05, 3.63) is 41.7 Å². The summed E-state index contributed by atoms with van der Waals surface area (Å²) in [5.74, 6) is 0. The molecule has 0 amide bonds. The molecule has 2 aromatic rings. The van der Waals surface area contributed by atoms with Gasteiger partial charge in [0.15, 0.2) is 4.34 Å². The average molecular weight is 322 g/mol. The number of hydrogen-bond donors (Lipinski definition) is 1. The Hall–Kier alpha value is -0.910. The van der Waals surface area contributed by atoms with Crippen molar-refractivity contribution < 1.29 is 0 Å². The number of aromatic nitrogens is 2. The van der Waals surface area contributed by atoms with Gasteiger partial charge in [0.05, 0.1) is 0 Å². The molecule has 2 atom stereocenters. The van der Waals surface area contributed by atoms with E-state index in [1.165, 1.54) is 22.7 Å². The first-order chi connectivity index (χ1) is 10.2. The molecule has 0 saturated heterocycles. The number of hydrogen-bond acceptors (Lipinski definition) is 5. The van der Waals surface area contributed by atoms with Gasteiger partial charge in [-0.25, -0.2) is 4.98 Å². The molecule has 1 N–H and O–H groups in total. The fourth-order valence-electron chi connectivity index (χ4n) is 2.26. The van der Waals surface area contributed by atoms with Gasteiger partial charge >= 0.3 is 0 Å². The van der Waals surface area contributed by atoms with E-state index < -0.39 is 0 Å². The molecule has 114 valence electrons. The highest BCUT2D eigenvalue weighted by molar-refractivity contribution is 8.01. The van der Waals surface area contributed by atoms with Gasteiger partial charge in [-0.15, -0.1) is 0 Å².